The molecule has 7 heteroatoms. The summed E-state index contributed by atoms with van der Waals surface area (Å²) in [7, 11) is -3.46. The van der Waals surface area contributed by atoms with E-state index < -0.39 is 10.1 Å². The number of carbonyl (C=O) groups is 1. The normalized spacial score (nSPS) is 21.0. The molecule has 1 aromatic rings. The number of benzene rings is 1. The van der Waals surface area contributed by atoms with Gasteiger partial charge in [-0.25, -0.2) is 0 Å². The minimum absolute atomic E-state index is 0.0258. The van der Waals surface area contributed by atoms with Crippen LogP contribution in [0.3, 0.4) is 0 Å². The third-order valence-corrected chi connectivity index (χ3v) is 4.80. The predicted octanol–water partition coefficient (Wildman–Crippen LogP) is 2.19. The van der Waals surface area contributed by atoms with Gasteiger partial charge < -0.3 is 4.90 Å². The van der Waals surface area contributed by atoms with E-state index in [9.17, 15) is 13.2 Å². The Balaban J connectivity index is 2.07. The predicted molar refractivity (Wildman–Crippen MR) is 89.6 cm³/mol. The fourth-order valence-electron chi connectivity index (χ4n) is 3.11. The summed E-state index contributed by atoms with van der Waals surface area (Å²) < 4.78 is 27.2. The van der Waals surface area contributed by atoms with Crippen molar-refractivity contribution < 1.29 is 17.4 Å². The molecular weight excluding hydrogens is 328 g/mol. The first-order valence-electron chi connectivity index (χ1n) is 7.98. The number of carbonyl (C=O) groups excluding carboxylic acids is 1. The number of nitrogens with zero attached hydrogens (tertiary/aromatic N) is 2. The number of rotatable bonds is 6. The van der Waals surface area contributed by atoms with Crippen molar-refractivity contribution in [3.05, 3.63) is 35.9 Å². The fourth-order valence-corrected chi connectivity index (χ4v) is 3.55. The molecule has 1 aliphatic rings. The van der Waals surface area contributed by atoms with E-state index in [1.54, 1.807) is 29.2 Å². The fraction of sp³-hybridized carbons (Fsp3) is 0.529. The molecule has 1 aromatic carbocycles. The standard InChI is InChI=1S/C17H22N2O4S/c1-24(21,22)23-13-14-6-5-9-16(12-14)19(11-10-18)17(20)15-7-3-2-4-8-15/h2-4,7-8,14,16H,5-6,9,11-13H2,1H3/t14-,16-/m1/s1. The zero-order chi connectivity index (χ0) is 17.6. The van der Waals surface area contributed by atoms with Crippen molar-refractivity contribution >= 4 is 16.0 Å². The minimum atomic E-state index is -3.46. The maximum atomic E-state index is 12.7. The molecule has 0 radical (unpaired) electrons. The summed E-state index contributed by atoms with van der Waals surface area (Å²) in [5.74, 6) is -0.0879. The lowest BCUT2D eigenvalue weighted by molar-refractivity contribution is 0.0606. The van der Waals surface area contributed by atoms with Crippen molar-refractivity contribution in [2.45, 2.75) is 31.7 Å². The van der Waals surface area contributed by atoms with Crippen LogP contribution in [0.4, 0.5) is 0 Å². The molecule has 0 unspecified atom stereocenters. The van der Waals surface area contributed by atoms with E-state index in [-0.39, 0.29) is 31.0 Å². The second-order valence-electron chi connectivity index (χ2n) is 6.13. The quantitative estimate of drug-likeness (QED) is 0.580. The highest BCUT2D eigenvalue weighted by Crippen LogP contribution is 2.29. The summed E-state index contributed by atoms with van der Waals surface area (Å²) in [5, 5.41) is 9.09. The molecule has 0 N–H and O–H groups in total. The maximum Gasteiger partial charge on any atom is 0.264 e. The lowest BCUT2D eigenvalue weighted by atomic mass is 9.85. The molecule has 0 aromatic heterocycles. The molecule has 1 aliphatic carbocycles. The second-order valence-corrected chi connectivity index (χ2v) is 7.78. The summed E-state index contributed by atoms with van der Waals surface area (Å²) in [4.78, 5) is 14.3. The van der Waals surface area contributed by atoms with Gasteiger partial charge in [0.2, 0.25) is 0 Å². The van der Waals surface area contributed by atoms with E-state index in [4.69, 9.17) is 9.44 Å². The summed E-state index contributed by atoms with van der Waals surface area (Å²) in [6, 6.07) is 10.9. The van der Waals surface area contributed by atoms with Crippen LogP contribution in [-0.2, 0) is 14.3 Å². The third kappa shape index (κ3) is 5.32. The Labute approximate surface area is 143 Å². The largest absolute Gasteiger partial charge is 0.322 e. The van der Waals surface area contributed by atoms with Gasteiger partial charge >= 0.3 is 0 Å². The highest BCUT2D eigenvalue weighted by molar-refractivity contribution is 7.85. The van der Waals surface area contributed by atoms with Gasteiger partial charge in [-0.15, -0.1) is 0 Å². The molecule has 1 fully saturated rings. The summed E-state index contributed by atoms with van der Waals surface area (Å²) in [5.41, 5.74) is 0.558. The van der Waals surface area contributed by atoms with Crippen LogP contribution in [0, 0.1) is 17.2 Å². The Morgan fingerprint density at radius 3 is 2.67 bits per heavy atom. The topological polar surface area (TPSA) is 87.5 Å². The van der Waals surface area contributed by atoms with Gasteiger partial charge in [0.1, 0.15) is 6.54 Å². The lowest BCUT2D eigenvalue weighted by Crippen LogP contribution is -2.43. The molecule has 6 nitrogen and oxygen atoms in total. The molecule has 0 spiro atoms. The van der Waals surface area contributed by atoms with E-state index in [1.165, 1.54) is 0 Å². The van der Waals surface area contributed by atoms with Crippen molar-refractivity contribution in [1.29, 1.82) is 5.26 Å². The maximum absolute atomic E-state index is 12.7. The van der Waals surface area contributed by atoms with Gasteiger partial charge in [0.05, 0.1) is 18.9 Å². The molecule has 0 aliphatic heterocycles. The van der Waals surface area contributed by atoms with Crippen molar-refractivity contribution in [3.8, 4) is 6.07 Å². The Kier molecular flexibility index (Phi) is 6.35. The summed E-state index contributed by atoms with van der Waals surface area (Å²) in [6.45, 7) is 0.160. The highest BCUT2D eigenvalue weighted by Gasteiger charge is 2.30. The van der Waals surface area contributed by atoms with Gasteiger partial charge in [0.15, 0.2) is 0 Å². The average Bonchev–Trinajstić information content (AvgIpc) is 2.58. The van der Waals surface area contributed by atoms with Crippen LogP contribution >= 0.6 is 0 Å². The van der Waals surface area contributed by atoms with E-state index in [0.717, 1.165) is 25.5 Å². The number of nitriles is 1. The summed E-state index contributed by atoms with van der Waals surface area (Å²) in [6.07, 6.45) is 4.25. The van der Waals surface area contributed by atoms with Gasteiger partial charge in [-0.2, -0.15) is 13.7 Å². The lowest BCUT2D eigenvalue weighted by Gasteiger charge is -2.36. The first-order chi connectivity index (χ1) is 11.4. The van der Waals surface area contributed by atoms with Crippen molar-refractivity contribution in [1.82, 2.24) is 4.90 Å². The molecule has 130 valence electrons. The number of hydrogen-bond donors (Lipinski definition) is 0. The zero-order valence-electron chi connectivity index (χ0n) is 13.7. The Morgan fingerprint density at radius 1 is 1.33 bits per heavy atom. The first-order valence-corrected chi connectivity index (χ1v) is 9.79. The summed E-state index contributed by atoms with van der Waals surface area (Å²) >= 11 is 0. The molecule has 0 heterocycles. The SMILES string of the molecule is CS(=O)(=O)OC[C@@H]1CCC[C@@H](N(CC#N)C(=O)c2ccccc2)C1. The molecule has 0 bridgehead atoms. The Bertz CT molecular complexity index is 697. The monoisotopic (exact) mass is 350 g/mol. The van der Waals surface area contributed by atoms with Gasteiger partial charge in [-0.1, -0.05) is 24.6 Å². The average molecular weight is 350 g/mol. The van der Waals surface area contributed by atoms with Gasteiger partial charge in [0.25, 0.3) is 16.0 Å². The van der Waals surface area contributed by atoms with E-state index >= 15 is 0 Å². The van der Waals surface area contributed by atoms with Crippen LogP contribution in [0.5, 0.6) is 0 Å². The van der Waals surface area contributed by atoms with Gasteiger partial charge in [-0.05, 0) is 37.3 Å². The van der Waals surface area contributed by atoms with Crippen LogP contribution in [-0.4, -0.2) is 44.7 Å². The van der Waals surface area contributed by atoms with Crippen LogP contribution in [0.25, 0.3) is 0 Å². The van der Waals surface area contributed by atoms with Gasteiger partial charge in [-0.3, -0.25) is 8.98 Å². The minimum Gasteiger partial charge on any atom is -0.322 e. The Morgan fingerprint density at radius 2 is 2.04 bits per heavy atom. The van der Waals surface area contributed by atoms with Crippen molar-refractivity contribution in [3.63, 3.8) is 0 Å². The number of hydrogen-bond acceptors (Lipinski definition) is 5. The molecule has 1 saturated carbocycles. The van der Waals surface area contributed by atoms with Crippen LogP contribution in [0.15, 0.2) is 30.3 Å². The van der Waals surface area contributed by atoms with E-state index in [0.29, 0.717) is 12.0 Å². The molecule has 2 rings (SSSR count). The second kappa shape index (κ2) is 8.27. The van der Waals surface area contributed by atoms with Crippen LogP contribution in [0.2, 0.25) is 0 Å². The first kappa shape index (κ1) is 18.4. The highest BCUT2D eigenvalue weighted by atomic mass is 32.2. The molecule has 0 saturated heterocycles. The molecule has 24 heavy (non-hydrogen) atoms. The zero-order valence-corrected chi connectivity index (χ0v) is 14.5. The van der Waals surface area contributed by atoms with Crippen molar-refractivity contribution in [2.24, 2.45) is 5.92 Å². The van der Waals surface area contributed by atoms with Crippen molar-refractivity contribution in [2.75, 3.05) is 19.4 Å². The van der Waals surface area contributed by atoms with E-state index in [1.807, 2.05) is 6.07 Å². The van der Waals surface area contributed by atoms with Gasteiger partial charge in [0, 0.05) is 11.6 Å². The number of amides is 1. The van der Waals surface area contributed by atoms with Crippen LogP contribution in [0.1, 0.15) is 36.0 Å². The molecule has 1 amide bonds. The Hall–Kier alpha value is -1.91. The van der Waals surface area contributed by atoms with Crippen LogP contribution < -0.4 is 0 Å². The molecule has 2 atom stereocenters. The smallest absolute Gasteiger partial charge is 0.264 e. The molecular formula is C17H22N2O4S. The third-order valence-electron chi connectivity index (χ3n) is 4.24. The van der Waals surface area contributed by atoms with E-state index in [2.05, 4.69) is 6.07 Å².